The summed E-state index contributed by atoms with van der Waals surface area (Å²) in [6, 6.07) is 22.6. The van der Waals surface area contributed by atoms with Gasteiger partial charge in [-0.1, -0.05) is 0 Å². The summed E-state index contributed by atoms with van der Waals surface area (Å²) in [5.41, 5.74) is 0. The van der Waals surface area contributed by atoms with Gasteiger partial charge in [0.25, 0.3) is 0 Å². The van der Waals surface area contributed by atoms with Gasteiger partial charge < -0.3 is 0 Å². The van der Waals surface area contributed by atoms with Crippen molar-refractivity contribution >= 4 is 39.3 Å². The van der Waals surface area contributed by atoms with Crippen molar-refractivity contribution in [2.45, 2.75) is 0 Å². The van der Waals surface area contributed by atoms with Crippen LogP contribution in [0.1, 0.15) is 0 Å². The number of benzene rings is 2. The largest absolute Gasteiger partial charge is 0.184 e. The third-order valence-electron chi connectivity index (χ3n) is 1.35. The molecule has 2 rings (SSSR count). The first-order valence-corrected chi connectivity index (χ1v) is 4.88. The molecule has 0 bridgehead atoms. The molecule has 2 aromatic carbocycles. The van der Waals surface area contributed by atoms with Gasteiger partial charge in [-0.15, -0.1) is 0 Å². The average Bonchev–Trinajstić information content (AvgIpc) is 2.22. The Hall–Kier alpha value is 0.0764. The molecule has 15 heavy (non-hydrogen) atoms. The summed E-state index contributed by atoms with van der Waals surface area (Å²) in [4.78, 5) is 0. The van der Waals surface area contributed by atoms with Crippen LogP contribution in [0.5, 0.6) is 0 Å². The monoisotopic (exact) mass is 304 g/mol. The fourth-order valence-corrected chi connectivity index (χ4v) is 1.09. The van der Waals surface area contributed by atoms with E-state index in [2.05, 4.69) is 22.1 Å². The van der Waals surface area contributed by atoms with E-state index in [1.807, 2.05) is 60.7 Å². The van der Waals surface area contributed by atoms with Crippen molar-refractivity contribution in [2.75, 3.05) is 0 Å². The molecule has 0 atom stereocenters. The molecule has 0 fully saturated rings. The Labute approximate surface area is 122 Å². The van der Waals surface area contributed by atoms with Gasteiger partial charge in [-0.3, -0.25) is 0 Å². The van der Waals surface area contributed by atoms with Gasteiger partial charge in [0.05, 0.1) is 0 Å². The average molecular weight is 304 g/mol. The maximum atomic E-state index is 2.90. The van der Waals surface area contributed by atoms with Crippen molar-refractivity contribution in [1.82, 2.24) is 0 Å². The Balaban J connectivity index is 0. The van der Waals surface area contributed by atoms with Crippen LogP contribution in [0.4, 0.5) is 0 Å². The van der Waals surface area contributed by atoms with Gasteiger partial charge in [-0.25, -0.2) is 0 Å². The summed E-state index contributed by atoms with van der Waals surface area (Å²) in [5, 5.41) is 0. The summed E-state index contributed by atoms with van der Waals surface area (Å²) in [6.45, 7) is 0. The minimum Gasteiger partial charge on any atom is -0.184 e. The maximum Gasteiger partial charge on any atom is -0.171 e. The Morgan fingerprint density at radius 1 is 0.800 bits per heavy atom. The van der Waals surface area contributed by atoms with E-state index in [9.17, 15) is 0 Å². The molecule has 2 aromatic rings. The summed E-state index contributed by atoms with van der Waals surface area (Å²) in [7, 11) is 0. The van der Waals surface area contributed by atoms with Crippen molar-refractivity contribution in [3.63, 3.8) is 0 Å². The van der Waals surface area contributed by atoms with E-state index in [0.717, 1.165) is 0 Å². The molecule has 76 valence electrons. The molecule has 3 heteroatoms. The van der Waals surface area contributed by atoms with Crippen LogP contribution in [0.2, 0.25) is 0 Å². The van der Waals surface area contributed by atoms with E-state index in [1.165, 1.54) is 4.46 Å². The second-order valence-electron chi connectivity index (χ2n) is 2.39. The van der Waals surface area contributed by atoms with Crippen LogP contribution in [0.15, 0.2) is 60.7 Å². The van der Waals surface area contributed by atoms with Gasteiger partial charge in [0.1, 0.15) is 0 Å². The van der Waals surface area contributed by atoms with Crippen molar-refractivity contribution < 1.29 is 17.1 Å². The zero-order chi connectivity index (χ0) is 9.36. The summed E-state index contributed by atoms with van der Waals surface area (Å²) >= 11 is 2.90. The topological polar surface area (TPSA) is 0 Å². The molecule has 0 aliphatic carbocycles. The first-order valence-electron chi connectivity index (χ1n) is 4.03. The summed E-state index contributed by atoms with van der Waals surface area (Å²) in [5.74, 6) is 0. The van der Waals surface area contributed by atoms with E-state index < -0.39 is 0 Å². The van der Waals surface area contributed by atoms with Gasteiger partial charge >= 0.3 is 67.9 Å². The number of hydrogen-bond acceptors (Lipinski definition) is 0. The molecule has 0 amide bonds. The molecular weight excluding hydrogens is 294 g/mol. The standard InChI is InChI=1S/C6H5Se.C6H5.Cu.Li/c7-6-4-2-1-3-5-6;1-2-4-6-5-3-1;;/h1-5H;1-5H;;/q;-1;+1;. The molecule has 0 unspecified atom stereocenters. The Bertz CT molecular complexity index is 286. The second-order valence-corrected chi connectivity index (χ2v) is 3.38. The van der Waals surface area contributed by atoms with Crippen LogP contribution >= 0.6 is 0 Å². The molecule has 0 saturated heterocycles. The van der Waals surface area contributed by atoms with Crippen LogP contribution in [-0.4, -0.2) is 34.9 Å². The summed E-state index contributed by atoms with van der Waals surface area (Å²) in [6.07, 6.45) is 0. The van der Waals surface area contributed by atoms with Gasteiger partial charge in [0.15, 0.2) is 0 Å². The molecule has 0 aliphatic rings. The smallest absolute Gasteiger partial charge is 0.171 e. The minimum atomic E-state index is 0. The maximum absolute atomic E-state index is 2.90. The minimum absolute atomic E-state index is 0. The SMILES string of the molecule is [Cu+].[Li].[Se]c1ccccc1.[c-]1ccccc1. The quantitative estimate of drug-likeness (QED) is 0.512. The van der Waals surface area contributed by atoms with E-state index in [4.69, 9.17) is 0 Å². The van der Waals surface area contributed by atoms with E-state index >= 15 is 0 Å². The normalized spacial score (nSPS) is 7.20. The fraction of sp³-hybridized carbons (Fsp3) is 0. The van der Waals surface area contributed by atoms with Crippen LogP contribution in [0, 0.1) is 6.07 Å². The third-order valence-corrected chi connectivity index (χ3v) is 1.92. The van der Waals surface area contributed by atoms with Crippen molar-refractivity contribution in [3.8, 4) is 0 Å². The van der Waals surface area contributed by atoms with E-state index in [-0.39, 0.29) is 35.9 Å². The zero-order valence-corrected chi connectivity index (χ0v) is 11.1. The zero-order valence-electron chi connectivity index (χ0n) is 8.48. The van der Waals surface area contributed by atoms with Gasteiger partial charge in [-0.05, 0) is 0 Å². The van der Waals surface area contributed by atoms with Crippen LogP contribution in [-0.2, 0) is 17.1 Å². The number of hydrogen-bond donors (Lipinski definition) is 0. The molecule has 0 nitrogen and oxygen atoms in total. The van der Waals surface area contributed by atoms with Crippen molar-refractivity contribution in [2.24, 2.45) is 0 Å². The van der Waals surface area contributed by atoms with Crippen molar-refractivity contribution in [1.29, 1.82) is 0 Å². The summed E-state index contributed by atoms with van der Waals surface area (Å²) < 4.78 is 1.20. The van der Waals surface area contributed by atoms with Crippen LogP contribution in [0.25, 0.3) is 0 Å². The van der Waals surface area contributed by atoms with Crippen molar-refractivity contribution in [3.05, 3.63) is 66.7 Å². The molecule has 0 aromatic heterocycles. The van der Waals surface area contributed by atoms with Gasteiger partial charge in [0, 0.05) is 18.9 Å². The van der Waals surface area contributed by atoms with E-state index in [1.54, 1.807) is 0 Å². The van der Waals surface area contributed by atoms with Gasteiger partial charge in [0.2, 0.25) is 0 Å². The first kappa shape index (κ1) is 17.5. The molecule has 0 heterocycles. The van der Waals surface area contributed by atoms with Crippen LogP contribution in [0.3, 0.4) is 0 Å². The first-order chi connectivity index (χ1) is 6.39. The Kier molecular flexibility index (Phi) is 14.1. The molecule has 0 spiro atoms. The Morgan fingerprint density at radius 2 is 1.27 bits per heavy atom. The number of rotatable bonds is 0. The van der Waals surface area contributed by atoms with E-state index in [0.29, 0.717) is 0 Å². The molecule has 0 aliphatic heterocycles. The van der Waals surface area contributed by atoms with Gasteiger partial charge in [-0.2, -0.15) is 36.4 Å². The molecule has 0 N–H and O–H groups in total. The predicted octanol–water partition coefficient (Wildman–Crippen LogP) is 1.58. The molecular formula is C12H10CuLiSe. The Morgan fingerprint density at radius 3 is 1.47 bits per heavy atom. The predicted molar refractivity (Wildman–Crippen MR) is 62.9 cm³/mol. The van der Waals surface area contributed by atoms with Crippen LogP contribution < -0.4 is 4.46 Å². The molecule has 0 saturated carbocycles. The second kappa shape index (κ2) is 12.1. The molecule has 2 radical (unpaired) electrons. The third kappa shape index (κ3) is 10.4. The fourth-order valence-electron chi connectivity index (χ4n) is 0.762.